The van der Waals surface area contributed by atoms with Crippen molar-refractivity contribution in [2.45, 2.75) is 38.1 Å². The summed E-state index contributed by atoms with van der Waals surface area (Å²) < 4.78 is 5.36. The fourth-order valence-corrected chi connectivity index (χ4v) is 2.46. The normalized spacial score (nSPS) is 22.2. The van der Waals surface area contributed by atoms with Gasteiger partial charge >= 0.3 is 0 Å². The molecular formula is C14H18ClN3O. The van der Waals surface area contributed by atoms with E-state index in [9.17, 15) is 0 Å². The van der Waals surface area contributed by atoms with Crippen molar-refractivity contribution >= 4 is 12.4 Å². The molecule has 1 aliphatic rings. The first kappa shape index (κ1) is 14.0. The van der Waals surface area contributed by atoms with Crippen LogP contribution in [0.5, 0.6) is 0 Å². The zero-order valence-corrected chi connectivity index (χ0v) is 11.7. The van der Waals surface area contributed by atoms with Crippen LogP contribution in [0.2, 0.25) is 0 Å². The Hall–Kier alpha value is -1.39. The van der Waals surface area contributed by atoms with E-state index >= 15 is 0 Å². The van der Waals surface area contributed by atoms with E-state index in [2.05, 4.69) is 29.2 Å². The molecule has 1 saturated carbocycles. The van der Waals surface area contributed by atoms with Gasteiger partial charge in [-0.2, -0.15) is 4.98 Å². The van der Waals surface area contributed by atoms with Gasteiger partial charge in [-0.25, -0.2) is 0 Å². The van der Waals surface area contributed by atoms with Crippen molar-refractivity contribution in [3.8, 4) is 11.4 Å². The molecule has 1 heterocycles. The second-order valence-corrected chi connectivity index (χ2v) is 5.09. The maximum atomic E-state index is 5.91. The Bertz CT molecular complexity index is 538. The Morgan fingerprint density at radius 2 is 1.95 bits per heavy atom. The van der Waals surface area contributed by atoms with Gasteiger partial charge in [0.15, 0.2) is 0 Å². The summed E-state index contributed by atoms with van der Waals surface area (Å²) in [6.45, 7) is 2.06. The number of rotatable bonds is 2. The minimum absolute atomic E-state index is 0. The smallest absolute Gasteiger partial charge is 0.230 e. The first-order valence-corrected chi connectivity index (χ1v) is 6.38. The summed E-state index contributed by atoms with van der Waals surface area (Å²) in [4.78, 5) is 4.49. The number of aromatic nitrogens is 2. The van der Waals surface area contributed by atoms with Crippen molar-refractivity contribution in [2.75, 3.05) is 0 Å². The molecule has 1 aliphatic carbocycles. The van der Waals surface area contributed by atoms with Crippen LogP contribution >= 0.6 is 12.4 Å². The maximum absolute atomic E-state index is 5.91. The lowest BCUT2D eigenvalue weighted by atomic mass is 10.1. The van der Waals surface area contributed by atoms with Crippen LogP contribution in [0, 0.1) is 6.92 Å². The summed E-state index contributed by atoms with van der Waals surface area (Å²) in [5.41, 5.74) is 8.13. The summed E-state index contributed by atoms with van der Waals surface area (Å²) in [5, 5.41) is 4.06. The van der Waals surface area contributed by atoms with E-state index in [0.717, 1.165) is 30.7 Å². The SMILES string of the molecule is Cc1ccc(-c2noc(C3CCC(N)C3)n2)cc1.Cl. The van der Waals surface area contributed by atoms with Crippen LogP contribution in [-0.2, 0) is 0 Å². The molecule has 2 atom stereocenters. The van der Waals surface area contributed by atoms with Crippen molar-refractivity contribution < 1.29 is 4.52 Å². The molecule has 1 fully saturated rings. The Morgan fingerprint density at radius 3 is 2.58 bits per heavy atom. The highest BCUT2D eigenvalue weighted by Gasteiger charge is 2.27. The predicted molar refractivity (Wildman–Crippen MR) is 76.3 cm³/mol. The van der Waals surface area contributed by atoms with Crippen molar-refractivity contribution in [2.24, 2.45) is 5.73 Å². The summed E-state index contributed by atoms with van der Waals surface area (Å²) >= 11 is 0. The highest BCUT2D eigenvalue weighted by molar-refractivity contribution is 5.85. The standard InChI is InChI=1S/C14H17N3O.ClH/c1-9-2-4-10(5-3-9)13-16-14(18-17-13)11-6-7-12(15)8-11;/h2-5,11-12H,6-8,15H2,1H3;1H. The third-order valence-corrected chi connectivity index (χ3v) is 3.57. The number of hydrogen-bond acceptors (Lipinski definition) is 4. The van der Waals surface area contributed by atoms with Gasteiger partial charge in [0.05, 0.1) is 0 Å². The Balaban J connectivity index is 0.00000133. The maximum Gasteiger partial charge on any atom is 0.230 e. The zero-order valence-electron chi connectivity index (χ0n) is 10.9. The molecule has 0 spiro atoms. The molecule has 0 aliphatic heterocycles. The first-order chi connectivity index (χ1) is 8.72. The molecule has 4 nitrogen and oxygen atoms in total. The molecule has 1 aromatic heterocycles. The number of halogens is 1. The quantitative estimate of drug-likeness (QED) is 0.917. The Morgan fingerprint density at radius 1 is 1.21 bits per heavy atom. The fourth-order valence-electron chi connectivity index (χ4n) is 2.46. The zero-order chi connectivity index (χ0) is 12.5. The van der Waals surface area contributed by atoms with Crippen LogP contribution in [-0.4, -0.2) is 16.2 Å². The van der Waals surface area contributed by atoms with Crippen molar-refractivity contribution in [3.05, 3.63) is 35.7 Å². The molecule has 2 N–H and O–H groups in total. The van der Waals surface area contributed by atoms with Crippen molar-refractivity contribution in [1.29, 1.82) is 0 Å². The minimum Gasteiger partial charge on any atom is -0.339 e. The van der Waals surface area contributed by atoms with Crippen molar-refractivity contribution in [1.82, 2.24) is 10.1 Å². The lowest BCUT2D eigenvalue weighted by Gasteiger charge is -2.01. The van der Waals surface area contributed by atoms with Gasteiger partial charge in [0.25, 0.3) is 0 Å². The molecule has 102 valence electrons. The third kappa shape index (κ3) is 2.96. The molecule has 2 unspecified atom stereocenters. The highest BCUT2D eigenvalue weighted by atomic mass is 35.5. The first-order valence-electron chi connectivity index (χ1n) is 6.38. The Kier molecular flexibility index (Phi) is 4.22. The third-order valence-electron chi connectivity index (χ3n) is 3.57. The molecule has 0 amide bonds. The highest BCUT2D eigenvalue weighted by Crippen LogP contribution is 2.33. The van der Waals surface area contributed by atoms with E-state index < -0.39 is 0 Å². The van der Waals surface area contributed by atoms with Crippen LogP contribution in [0.4, 0.5) is 0 Å². The molecule has 0 saturated heterocycles. The van der Waals surface area contributed by atoms with E-state index in [1.165, 1.54) is 5.56 Å². The molecule has 5 heteroatoms. The predicted octanol–water partition coefficient (Wildman–Crippen LogP) is 3.06. The van der Waals surface area contributed by atoms with E-state index in [1.807, 2.05) is 12.1 Å². The van der Waals surface area contributed by atoms with Gasteiger partial charge in [0.1, 0.15) is 0 Å². The summed E-state index contributed by atoms with van der Waals surface area (Å²) in [7, 11) is 0. The average Bonchev–Trinajstić information content (AvgIpc) is 2.98. The number of hydrogen-bond donors (Lipinski definition) is 1. The number of benzene rings is 1. The number of aryl methyl sites for hydroxylation is 1. The van der Waals surface area contributed by atoms with Crippen LogP contribution in [0.3, 0.4) is 0 Å². The van der Waals surface area contributed by atoms with Gasteiger partial charge in [-0.1, -0.05) is 35.0 Å². The summed E-state index contributed by atoms with van der Waals surface area (Å²) in [6, 6.07) is 8.42. The lowest BCUT2D eigenvalue weighted by Crippen LogP contribution is -2.14. The van der Waals surface area contributed by atoms with Gasteiger partial charge < -0.3 is 10.3 Å². The molecule has 0 radical (unpaired) electrons. The number of nitrogens with zero attached hydrogens (tertiary/aromatic N) is 2. The van der Waals surface area contributed by atoms with Gasteiger partial charge in [-0.3, -0.25) is 0 Å². The molecular weight excluding hydrogens is 262 g/mol. The lowest BCUT2D eigenvalue weighted by molar-refractivity contribution is 0.353. The van der Waals surface area contributed by atoms with Crippen LogP contribution < -0.4 is 5.73 Å². The monoisotopic (exact) mass is 279 g/mol. The van der Waals surface area contributed by atoms with Crippen LogP contribution in [0.15, 0.2) is 28.8 Å². The Labute approximate surface area is 118 Å². The molecule has 1 aromatic carbocycles. The molecule has 3 rings (SSSR count). The van der Waals surface area contributed by atoms with Crippen LogP contribution in [0.1, 0.15) is 36.6 Å². The molecule has 2 aromatic rings. The van der Waals surface area contributed by atoms with E-state index in [4.69, 9.17) is 10.3 Å². The molecule has 19 heavy (non-hydrogen) atoms. The second kappa shape index (κ2) is 5.72. The van der Waals surface area contributed by atoms with E-state index in [0.29, 0.717) is 11.7 Å². The molecule has 0 bridgehead atoms. The van der Waals surface area contributed by atoms with E-state index in [-0.39, 0.29) is 18.4 Å². The van der Waals surface area contributed by atoms with E-state index in [1.54, 1.807) is 0 Å². The average molecular weight is 280 g/mol. The fraction of sp³-hybridized carbons (Fsp3) is 0.429. The van der Waals surface area contributed by atoms with Gasteiger partial charge in [-0.15, -0.1) is 12.4 Å². The number of nitrogens with two attached hydrogens (primary N) is 1. The second-order valence-electron chi connectivity index (χ2n) is 5.09. The minimum atomic E-state index is 0. The topological polar surface area (TPSA) is 64.9 Å². The summed E-state index contributed by atoms with van der Waals surface area (Å²) in [6.07, 6.45) is 3.05. The van der Waals surface area contributed by atoms with Gasteiger partial charge in [0.2, 0.25) is 11.7 Å². The van der Waals surface area contributed by atoms with Crippen molar-refractivity contribution in [3.63, 3.8) is 0 Å². The van der Waals surface area contributed by atoms with Crippen LogP contribution in [0.25, 0.3) is 11.4 Å². The summed E-state index contributed by atoms with van der Waals surface area (Å²) in [5.74, 6) is 1.75. The van der Waals surface area contributed by atoms with Gasteiger partial charge in [0, 0.05) is 17.5 Å². The van der Waals surface area contributed by atoms with Gasteiger partial charge in [-0.05, 0) is 26.2 Å². The largest absolute Gasteiger partial charge is 0.339 e.